The molecule has 0 aromatic carbocycles. The van der Waals surface area contributed by atoms with Gasteiger partial charge in [-0.15, -0.1) is 0 Å². The van der Waals surface area contributed by atoms with Crippen LogP contribution in [0, 0.1) is 17.8 Å². The normalized spacial score (nSPS) is 25.2. The minimum Gasteiger partial charge on any atom is -0.339 e. The molecule has 0 bridgehead atoms. The number of aromatic nitrogens is 2. The maximum atomic E-state index is 5.78. The average Bonchev–Trinajstić information content (AvgIpc) is 2.82. The van der Waals surface area contributed by atoms with Crippen LogP contribution in [0.1, 0.15) is 51.2 Å². The van der Waals surface area contributed by atoms with Crippen LogP contribution in [-0.2, 0) is 6.42 Å². The summed E-state index contributed by atoms with van der Waals surface area (Å²) in [5, 5.41) is 4.07. The molecular formula is C13H23N3O. The number of rotatable bonds is 6. The minimum absolute atomic E-state index is 0.458. The van der Waals surface area contributed by atoms with Crippen LogP contribution in [0.3, 0.4) is 0 Å². The Morgan fingerprint density at radius 3 is 2.71 bits per heavy atom. The van der Waals surface area contributed by atoms with Gasteiger partial charge in [0.1, 0.15) is 0 Å². The van der Waals surface area contributed by atoms with Gasteiger partial charge in [-0.2, -0.15) is 4.98 Å². The zero-order valence-electron chi connectivity index (χ0n) is 11.0. The van der Waals surface area contributed by atoms with Gasteiger partial charge in [-0.1, -0.05) is 25.9 Å². The van der Waals surface area contributed by atoms with Crippen molar-refractivity contribution in [1.29, 1.82) is 0 Å². The highest BCUT2D eigenvalue weighted by Gasteiger charge is 2.38. The molecule has 1 saturated carbocycles. The predicted octanol–water partition coefficient (Wildman–Crippen LogP) is 2.36. The zero-order chi connectivity index (χ0) is 12.4. The second kappa shape index (κ2) is 5.17. The fourth-order valence-electron chi connectivity index (χ4n) is 2.36. The maximum Gasteiger partial charge on any atom is 0.226 e. The van der Waals surface area contributed by atoms with Crippen LogP contribution in [0.5, 0.6) is 0 Å². The van der Waals surface area contributed by atoms with E-state index >= 15 is 0 Å². The van der Waals surface area contributed by atoms with Gasteiger partial charge in [0.25, 0.3) is 0 Å². The molecule has 4 heteroatoms. The Balaban J connectivity index is 1.91. The number of nitrogens with two attached hydrogens (primary N) is 1. The second-order valence-corrected chi connectivity index (χ2v) is 5.80. The lowest BCUT2D eigenvalue weighted by Gasteiger charge is -2.14. The molecule has 1 fully saturated rings. The monoisotopic (exact) mass is 237 g/mol. The molecule has 0 saturated heterocycles. The van der Waals surface area contributed by atoms with Gasteiger partial charge in [0, 0.05) is 12.3 Å². The molecule has 96 valence electrons. The predicted molar refractivity (Wildman–Crippen MR) is 66.5 cm³/mol. The molecule has 1 heterocycles. The lowest BCUT2D eigenvalue weighted by atomic mass is 9.94. The Morgan fingerprint density at radius 1 is 1.47 bits per heavy atom. The Kier molecular flexibility index (Phi) is 3.82. The van der Waals surface area contributed by atoms with E-state index in [1.54, 1.807) is 0 Å². The van der Waals surface area contributed by atoms with Crippen LogP contribution < -0.4 is 5.73 Å². The summed E-state index contributed by atoms with van der Waals surface area (Å²) in [7, 11) is 0. The molecule has 2 rings (SSSR count). The van der Waals surface area contributed by atoms with E-state index in [2.05, 4.69) is 30.9 Å². The van der Waals surface area contributed by atoms with Crippen LogP contribution in [0.4, 0.5) is 0 Å². The van der Waals surface area contributed by atoms with Gasteiger partial charge in [0.05, 0.1) is 0 Å². The molecule has 1 aliphatic rings. The largest absolute Gasteiger partial charge is 0.339 e. The molecule has 0 spiro atoms. The van der Waals surface area contributed by atoms with Gasteiger partial charge in [0.2, 0.25) is 5.89 Å². The third kappa shape index (κ3) is 3.28. The van der Waals surface area contributed by atoms with E-state index < -0.39 is 0 Å². The third-order valence-corrected chi connectivity index (χ3v) is 3.53. The third-order valence-electron chi connectivity index (χ3n) is 3.53. The van der Waals surface area contributed by atoms with Crippen LogP contribution in [0.15, 0.2) is 4.52 Å². The van der Waals surface area contributed by atoms with Crippen molar-refractivity contribution in [3.05, 3.63) is 11.7 Å². The highest BCUT2D eigenvalue weighted by atomic mass is 16.5. The summed E-state index contributed by atoms with van der Waals surface area (Å²) in [6.45, 7) is 7.35. The Hall–Kier alpha value is -0.900. The van der Waals surface area contributed by atoms with Crippen LogP contribution >= 0.6 is 0 Å². The molecule has 1 aromatic heterocycles. The molecule has 1 aliphatic carbocycles. The Bertz CT molecular complexity index is 361. The van der Waals surface area contributed by atoms with Crippen LogP contribution in [0.25, 0.3) is 0 Å². The van der Waals surface area contributed by atoms with E-state index in [0.29, 0.717) is 24.3 Å². The molecule has 1 aromatic rings. The second-order valence-electron chi connectivity index (χ2n) is 5.80. The fraction of sp³-hybridized carbons (Fsp3) is 0.846. The summed E-state index contributed by atoms with van der Waals surface area (Å²) in [6, 6.07) is 0. The van der Waals surface area contributed by atoms with Crippen molar-refractivity contribution in [1.82, 2.24) is 10.1 Å². The van der Waals surface area contributed by atoms with Gasteiger partial charge >= 0.3 is 0 Å². The highest BCUT2D eigenvalue weighted by Crippen LogP contribution is 2.45. The molecule has 2 N–H and O–H groups in total. The van der Waals surface area contributed by atoms with Crippen LogP contribution in [-0.4, -0.2) is 16.7 Å². The standard InChI is InChI=1S/C13H23N3O/c1-8(2)4-10(7-14)6-12-15-13(16-17-12)11-5-9(11)3/h8-11H,4-7,14H2,1-3H3/t9?,10-,11?/m0/s1. The number of nitrogens with zero attached hydrogens (tertiary/aromatic N) is 2. The molecule has 2 unspecified atom stereocenters. The topological polar surface area (TPSA) is 64.9 Å². The van der Waals surface area contributed by atoms with E-state index in [9.17, 15) is 0 Å². The summed E-state index contributed by atoms with van der Waals surface area (Å²) in [6.07, 6.45) is 3.14. The van der Waals surface area contributed by atoms with Crippen molar-refractivity contribution in [3.8, 4) is 0 Å². The van der Waals surface area contributed by atoms with E-state index in [1.807, 2.05) is 0 Å². The molecule has 0 aliphatic heterocycles. The first kappa shape index (κ1) is 12.6. The highest BCUT2D eigenvalue weighted by molar-refractivity contribution is 5.07. The van der Waals surface area contributed by atoms with Crippen molar-refractivity contribution in [2.75, 3.05) is 6.54 Å². The summed E-state index contributed by atoms with van der Waals surface area (Å²) < 4.78 is 5.31. The first-order chi connectivity index (χ1) is 8.10. The SMILES string of the molecule is CC(C)C[C@H](CN)Cc1nc(C2CC2C)no1. The van der Waals surface area contributed by atoms with Gasteiger partial charge in [-0.25, -0.2) is 0 Å². The first-order valence-electron chi connectivity index (χ1n) is 6.62. The number of hydrogen-bond donors (Lipinski definition) is 1. The van der Waals surface area contributed by atoms with E-state index in [0.717, 1.165) is 30.5 Å². The van der Waals surface area contributed by atoms with E-state index in [1.165, 1.54) is 6.42 Å². The van der Waals surface area contributed by atoms with Gasteiger partial charge in [-0.05, 0) is 37.1 Å². The van der Waals surface area contributed by atoms with Crippen molar-refractivity contribution in [3.63, 3.8) is 0 Å². The van der Waals surface area contributed by atoms with Crippen molar-refractivity contribution < 1.29 is 4.52 Å². The summed E-state index contributed by atoms with van der Waals surface area (Å²) >= 11 is 0. The quantitative estimate of drug-likeness (QED) is 0.825. The molecule has 0 radical (unpaired) electrons. The van der Waals surface area contributed by atoms with E-state index in [-0.39, 0.29) is 0 Å². The minimum atomic E-state index is 0.458. The Labute approximate surface area is 103 Å². The molecule has 0 amide bonds. The van der Waals surface area contributed by atoms with E-state index in [4.69, 9.17) is 10.3 Å². The Morgan fingerprint density at radius 2 is 2.18 bits per heavy atom. The summed E-state index contributed by atoms with van der Waals surface area (Å²) in [5.74, 6) is 4.03. The summed E-state index contributed by atoms with van der Waals surface area (Å²) in [5.41, 5.74) is 5.78. The van der Waals surface area contributed by atoms with Crippen LogP contribution in [0.2, 0.25) is 0 Å². The fourth-order valence-corrected chi connectivity index (χ4v) is 2.36. The van der Waals surface area contributed by atoms with Crippen molar-refractivity contribution >= 4 is 0 Å². The molecule has 17 heavy (non-hydrogen) atoms. The molecule has 3 atom stereocenters. The first-order valence-corrected chi connectivity index (χ1v) is 6.62. The average molecular weight is 237 g/mol. The van der Waals surface area contributed by atoms with Crippen molar-refractivity contribution in [2.45, 2.75) is 46.0 Å². The van der Waals surface area contributed by atoms with Gasteiger partial charge in [-0.3, -0.25) is 0 Å². The van der Waals surface area contributed by atoms with Crippen molar-refractivity contribution in [2.24, 2.45) is 23.5 Å². The molecular weight excluding hydrogens is 214 g/mol. The summed E-state index contributed by atoms with van der Waals surface area (Å²) in [4.78, 5) is 4.48. The zero-order valence-corrected chi connectivity index (χ0v) is 11.0. The van der Waals surface area contributed by atoms with Gasteiger partial charge in [0.15, 0.2) is 5.82 Å². The lowest BCUT2D eigenvalue weighted by molar-refractivity contribution is 0.329. The lowest BCUT2D eigenvalue weighted by Crippen LogP contribution is -2.19. The number of hydrogen-bond acceptors (Lipinski definition) is 4. The maximum absolute atomic E-state index is 5.78. The smallest absolute Gasteiger partial charge is 0.226 e. The van der Waals surface area contributed by atoms with Gasteiger partial charge < -0.3 is 10.3 Å². The molecule has 4 nitrogen and oxygen atoms in total.